The first-order chi connectivity index (χ1) is 8.51. The van der Waals surface area contributed by atoms with Gasteiger partial charge in [0.1, 0.15) is 5.82 Å². The summed E-state index contributed by atoms with van der Waals surface area (Å²) in [5.41, 5.74) is 1.65. The molecule has 0 fully saturated rings. The smallest absolute Gasteiger partial charge is 0.149 e. The van der Waals surface area contributed by atoms with Gasteiger partial charge in [-0.15, -0.1) is 0 Å². The average molecular weight is 286 g/mol. The highest BCUT2D eigenvalue weighted by molar-refractivity contribution is 6.35. The molecule has 0 radical (unpaired) electrons. The summed E-state index contributed by atoms with van der Waals surface area (Å²) in [6.07, 6.45) is 0. The van der Waals surface area contributed by atoms with Crippen LogP contribution in [0, 0.1) is 12.7 Å². The SMILES string of the molecule is Cc1nc(-c2cc(Cl)cc(Cl)c2)cc(CO)c1F. The van der Waals surface area contributed by atoms with E-state index in [9.17, 15) is 4.39 Å². The minimum atomic E-state index is -0.491. The van der Waals surface area contributed by atoms with Gasteiger partial charge in [0, 0.05) is 21.2 Å². The van der Waals surface area contributed by atoms with E-state index < -0.39 is 5.82 Å². The molecular weight excluding hydrogens is 276 g/mol. The van der Waals surface area contributed by atoms with Crippen LogP contribution in [0.15, 0.2) is 24.3 Å². The van der Waals surface area contributed by atoms with Gasteiger partial charge in [-0.1, -0.05) is 23.2 Å². The number of aliphatic hydroxyl groups is 1. The van der Waals surface area contributed by atoms with Crippen molar-refractivity contribution in [2.75, 3.05) is 0 Å². The predicted molar refractivity (Wildman–Crippen MR) is 70.3 cm³/mol. The number of rotatable bonds is 2. The second-order valence-corrected chi connectivity index (χ2v) is 4.76. The molecule has 1 aromatic heterocycles. The molecule has 0 aliphatic carbocycles. The first kappa shape index (κ1) is 13.3. The number of aliphatic hydroxyl groups excluding tert-OH is 1. The molecular formula is C13H10Cl2FNO. The molecule has 0 amide bonds. The number of aryl methyl sites for hydroxylation is 1. The molecule has 0 bridgehead atoms. The van der Waals surface area contributed by atoms with E-state index in [1.165, 1.54) is 6.07 Å². The second kappa shape index (κ2) is 5.22. The number of pyridine rings is 1. The molecule has 5 heteroatoms. The number of benzene rings is 1. The standard InChI is InChI=1S/C13H10Cl2FNO/c1-7-13(16)9(6-18)4-12(17-7)8-2-10(14)5-11(15)3-8/h2-5,18H,6H2,1H3. The average Bonchev–Trinajstić information content (AvgIpc) is 2.31. The van der Waals surface area contributed by atoms with Crippen LogP contribution in [0.4, 0.5) is 4.39 Å². The van der Waals surface area contributed by atoms with Crippen molar-refractivity contribution in [3.63, 3.8) is 0 Å². The molecule has 0 spiro atoms. The summed E-state index contributed by atoms with van der Waals surface area (Å²) in [5.74, 6) is -0.491. The Labute approximate surface area is 114 Å². The summed E-state index contributed by atoms with van der Waals surface area (Å²) >= 11 is 11.8. The van der Waals surface area contributed by atoms with E-state index in [-0.39, 0.29) is 17.9 Å². The lowest BCUT2D eigenvalue weighted by molar-refractivity contribution is 0.275. The summed E-state index contributed by atoms with van der Waals surface area (Å²) in [4.78, 5) is 4.13. The Hall–Kier alpha value is -1.16. The fourth-order valence-corrected chi connectivity index (χ4v) is 2.21. The van der Waals surface area contributed by atoms with Gasteiger partial charge in [0.05, 0.1) is 18.0 Å². The van der Waals surface area contributed by atoms with Gasteiger partial charge in [-0.3, -0.25) is 4.98 Å². The van der Waals surface area contributed by atoms with Gasteiger partial charge < -0.3 is 5.11 Å². The molecule has 0 aliphatic heterocycles. The molecule has 2 aromatic rings. The van der Waals surface area contributed by atoms with E-state index in [2.05, 4.69) is 4.98 Å². The number of hydrogen-bond donors (Lipinski definition) is 1. The van der Waals surface area contributed by atoms with E-state index >= 15 is 0 Å². The van der Waals surface area contributed by atoms with Crippen molar-refractivity contribution in [2.24, 2.45) is 0 Å². The number of aromatic nitrogens is 1. The zero-order valence-corrected chi connectivity index (χ0v) is 11.1. The highest BCUT2D eigenvalue weighted by atomic mass is 35.5. The first-order valence-electron chi connectivity index (χ1n) is 5.24. The van der Waals surface area contributed by atoms with E-state index in [1.54, 1.807) is 25.1 Å². The summed E-state index contributed by atoms with van der Waals surface area (Å²) in [5, 5.41) is 10.1. The van der Waals surface area contributed by atoms with Gasteiger partial charge in [0.25, 0.3) is 0 Å². The van der Waals surface area contributed by atoms with Crippen LogP contribution >= 0.6 is 23.2 Å². The van der Waals surface area contributed by atoms with Crippen LogP contribution in [0.25, 0.3) is 11.3 Å². The van der Waals surface area contributed by atoms with Crippen molar-refractivity contribution in [1.82, 2.24) is 4.98 Å². The number of hydrogen-bond acceptors (Lipinski definition) is 2. The molecule has 1 N–H and O–H groups in total. The minimum Gasteiger partial charge on any atom is -0.392 e. The minimum absolute atomic E-state index is 0.202. The summed E-state index contributed by atoms with van der Waals surface area (Å²) in [6.45, 7) is 1.17. The summed E-state index contributed by atoms with van der Waals surface area (Å²) in [7, 11) is 0. The molecule has 0 saturated carbocycles. The zero-order valence-electron chi connectivity index (χ0n) is 9.54. The lowest BCUT2D eigenvalue weighted by Gasteiger charge is -2.08. The third-order valence-electron chi connectivity index (χ3n) is 2.53. The van der Waals surface area contributed by atoms with Crippen molar-refractivity contribution in [1.29, 1.82) is 0 Å². The fraction of sp³-hybridized carbons (Fsp3) is 0.154. The van der Waals surface area contributed by atoms with Crippen molar-refractivity contribution in [2.45, 2.75) is 13.5 Å². The van der Waals surface area contributed by atoms with Gasteiger partial charge in [-0.25, -0.2) is 4.39 Å². The van der Waals surface area contributed by atoms with Crippen molar-refractivity contribution in [3.05, 3.63) is 51.4 Å². The molecule has 0 unspecified atom stereocenters. The summed E-state index contributed by atoms with van der Waals surface area (Å²) < 4.78 is 13.6. The molecule has 0 saturated heterocycles. The molecule has 1 aromatic carbocycles. The first-order valence-corrected chi connectivity index (χ1v) is 6.00. The van der Waals surface area contributed by atoms with Crippen LogP contribution in [-0.2, 0) is 6.61 Å². The van der Waals surface area contributed by atoms with Crippen LogP contribution in [0.1, 0.15) is 11.3 Å². The van der Waals surface area contributed by atoms with Gasteiger partial charge >= 0.3 is 0 Å². The molecule has 94 valence electrons. The molecule has 2 rings (SSSR count). The highest BCUT2D eigenvalue weighted by Crippen LogP contribution is 2.27. The predicted octanol–water partition coefficient (Wildman–Crippen LogP) is 4.00. The van der Waals surface area contributed by atoms with Crippen LogP contribution in [0.5, 0.6) is 0 Å². The van der Waals surface area contributed by atoms with Crippen LogP contribution < -0.4 is 0 Å². The van der Waals surface area contributed by atoms with Crippen molar-refractivity contribution in [3.8, 4) is 11.3 Å². The third-order valence-corrected chi connectivity index (χ3v) is 2.96. The largest absolute Gasteiger partial charge is 0.392 e. The van der Waals surface area contributed by atoms with E-state index in [4.69, 9.17) is 28.3 Å². The Kier molecular flexibility index (Phi) is 3.85. The van der Waals surface area contributed by atoms with Crippen LogP contribution in [-0.4, -0.2) is 10.1 Å². The van der Waals surface area contributed by atoms with E-state index in [1.807, 2.05) is 0 Å². The van der Waals surface area contributed by atoms with Crippen LogP contribution in [0.2, 0.25) is 10.0 Å². The maximum atomic E-state index is 13.6. The van der Waals surface area contributed by atoms with Gasteiger partial charge in [-0.2, -0.15) is 0 Å². The maximum Gasteiger partial charge on any atom is 0.149 e. The number of halogens is 3. The van der Waals surface area contributed by atoms with Gasteiger partial charge in [0.2, 0.25) is 0 Å². The second-order valence-electron chi connectivity index (χ2n) is 3.88. The topological polar surface area (TPSA) is 33.1 Å². The third kappa shape index (κ3) is 2.64. The Morgan fingerprint density at radius 3 is 2.33 bits per heavy atom. The Morgan fingerprint density at radius 2 is 1.78 bits per heavy atom. The lowest BCUT2D eigenvalue weighted by atomic mass is 10.1. The number of nitrogens with zero attached hydrogens (tertiary/aromatic N) is 1. The van der Waals surface area contributed by atoms with Gasteiger partial charge in [0.15, 0.2) is 0 Å². The maximum absolute atomic E-state index is 13.6. The zero-order chi connectivity index (χ0) is 13.3. The Bertz CT molecular complexity index is 582. The van der Waals surface area contributed by atoms with E-state index in [0.717, 1.165) is 0 Å². The highest BCUT2D eigenvalue weighted by Gasteiger charge is 2.11. The Morgan fingerprint density at radius 1 is 1.17 bits per heavy atom. The quantitative estimate of drug-likeness (QED) is 0.905. The van der Waals surface area contributed by atoms with Crippen LogP contribution in [0.3, 0.4) is 0 Å². The molecule has 1 heterocycles. The molecule has 2 nitrogen and oxygen atoms in total. The summed E-state index contributed by atoms with van der Waals surface area (Å²) in [6, 6.07) is 6.48. The Balaban J connectivity index is 2.60. The van der Waals surface area contributed by atoms with E-state index in [0.29, 0.717) is 21.3 Å². The van der Waals surface area contributed by atoms with Crippen molar-refractivity contribution >= 4 is 23.2 Å². The molecule has 18 heavy (non-hydrogen) atoms. The molecule has 0 aliphatic rings. The lowest BCUT2D eigenvalue weighted by Crippen LogP contribution is -1.98. The molecule has 0 atom stereocenters. The van der Waals surface area contributed by atoms with Crippen molar-refractivity contribution < 1.29 is 9.50 Å². The van der Waals surface area contributed by atoms with Gasteiger partial charge in [-0.05, 0) is 31.2 Å². The normalized spacial score (nSPS) is 10.7. The fourth-order valence-electron chi connectivity index (χ4n) is 1.69. The monoisotopic (exact) mass is 285 g/mol.